The minimum absolute atomic E-state index is 0.102. The van der Waals surface area contributed by atoms with Crippen molar-refractivity contribution in [2.24, 2.45) is 0 Å². The van der Waals surface area contributed by atoms with Gasteiger partial charge in [-0.05, 0) is 13.0 Å². The Bertz CT molecular complexity index is 370. The number of esters is 1. The van der Waals surface area contributed by atoms with Gasteiger partial charge in [-0.15, -0.1) is 0 Å². The average Bonchev–Trinajstić information content (AvgIpc) is 2.10. The molecule has 0 unspecified atom stereocenters. The normalized spacial score (nSPS) is 9.62. The Labute approximate surface area is 74.5 Å². The molecule has 0 aliphatic heterocycles. The summed E-state index contributed by atoms with van der Waals surface area (Å²) in [5, 5.41) is 0. The first-order valence-electron chi connectivity index (χ1n) is 3.81. The molecule has 3 N–H and O–H groups in total. The zero-order chi connectivity index (χ0) is 9.84. The van der Waals surface area contributed by atoms with Crippen LogP contribution in [-0.2, 0) is 4.74 Å². The van der Waals surface area contributed by atoms with Crippen LogP contribution in [0.15, 0.2) is 17.1 Å². The first-order valence-corrected chi connectivity index (χ1v) is 3.81. The van der Waals surface area contributed by atoms with Gasteiger partial charge in [0.15, 0.2) is 0 Å². The number of aromatic nitrogens is 1. The van der Waals surface area contributed by atoms with Gasteiger partial charge in [0.2, 0.25) is 0 Å². The molecule has 0 aliphatic rings. The maximum atomic E-state index is 11.2. The molecule has 0 amide bonds. The van der Waals surface area contributed by atoms with Gasteiger partial charge >= 0.3 is 5.97 Å². The third-order valence-electron chi connectivity index (χ3n) is 1.49. The number of rotatable bonds is 2. The van der Waals surface area contributed by atoms with Gasteiger partial charge in [-0.2, -0.15) is 0 Å². The number of carbonyl (C=O) groups is 1. The number of hydrogen-bond acceptors (Lipinski definition) is 4. The Balaban J connectivity index is 3.08. The van der Waals surface area contributed by atoms with Gasteiger partial charge in [-0.3, -0.25) is 4.79 Å². The molecule has 1 aromatic rings. The highest BCUT2D eigenvalue weighted by Gasteiger charge is 2.11. The van der Waals surface area contributed by atoms with E-state index < -0.39 is 11.5 Å². The minimum atomic E-state index is -0.578. The lowest BCUT2D eigenvalue weighted by Gasteiger charge is -2.02. The SMILES string of the molecule is CCOC(=O)c1cc[nH]c(=O)c1N. The Morgan fingerprint density at radius 3 is 3.00 bits per heavy atom. The van der Waals surface area contributed by atoms with E-state index in [-0.39, 0.29) is 17.9 Å². The van der Waals surface area contributed by atoms with E-state index in [1.54, 1.807) is 6.92 Å². The molecule has 5 heteroatoms. The summed E-state index contributed by atoms with van der Waals surface area (Å²) < 4.78 is 4.69. The topological polar surface area (TPSA) is 85.2 Å². The number of aromatic amines is 1. The van der Waals surface area contributed by atoms with E-state index in [4.69, 9.17) is 10.5 Å². The number of H-pyrrole nitrogens is 1. The molecule has 0 fully saturated rings. The molecule has 13 heavy (non-hydrogen) atoms. The van der Waals surface area contributed by atoms with Crippen LogP contribution in [0, 0.1) is 0 Å². The molecule has 1 aromatic heterocycles. The summed E-state index contributed by atoms with van der Waals surface area (Å²) in [5.74, 6) is -0.578. The first kappa shape index (κ1) is 9.31. The highest BCUT2D eigenvalue weighted by Crippen LogP contribution is 2.05. The largest absolute Gasteiger partial charge is 0.462 e. The molecule has 5 nitrogen and oxygen atoms in total. The van der Waals surface area contributed by atoms with Crippen LogP contribution in [0.25, 0.3) is 0 Å². The highest BCUT2D eigenvalue weighted by atomic mass is 16.5. The van der Waals surface area contributed by atoms with Crippen molar-refractivity contribution in [3.05, 3.63) is 28.2 Å². The van der Waals surface area contributed by atoms with Crippen molar-refractivity contribution in [2.75, 3.05) is 12.3 Å². The fourth-order valence-electron chi connectivity index (χ4n) is 0.877. The lowest BCUT2D eigenvalue weighted by atomic mass is 10.2. The number of nitrogens with one attached hydrogen (secondary N) is 1. The summed E-state index contributed by atoms with van der Waals surface area (Å²) in [6, 6.07) is 1.41. The van der Waals surface area contributed by atoms with E-state index >= 15 is 0 Å². The van der Waals surface area contributed by atoms with Gasteiger partial charge in [0.25, 0.3) is 5.56 Å². The molecule has 0 saturated heterocycles. The summed E-state index contributed by atoms with van der Waals surface area (Å²) in [6.07, 6.45) is 1.35. The number of nitrogens with two attached hydrogens (primary N) is 1. The van der Waals surface area contributed by atoms with Gasteiger partial charge in [-0.25, -0.2) is 4.79 Å². The van der Waals surface area contributed by atoms with Crippen LogP contribution in [0.1, 0.15) is 17.3 Å². The van der Waals surface area contributed by atoms with Crippen LogP contribution < -0.4 is 11.3 Å². The van der Waals surface area contributed by atoms with Crippen molar-refractivity contribution >= 4 is 11.7 Å². The molecule has 0 aromatic carbocycles. The second-order valence-corrected chi connectivity index (χ2v) is 2.35. The molecule has 0 atom stereocenters. The maximum Gasteiger partial charge on any atom is 0.340 e. The molecular formula is C8H10N2O3. The summed E-state index contributed by atoms with van der Waals surface area (Å²) in [5.41, 5.74) is 4.88. The number of pyridine rings is 1. The second kappa shape index (κ2) is 3.75. The van der Waals surface area contributed by atoms with Gasteiger partial charge in [0.05, 0.1) is 12.2 Å². The highest BCUT2D eigenvalue weighted by molar-refractivity contribution is 5.94. The molecule has 0 bridgehead atoms. The monoisotopic (exact) mass is 182 g/mol. The summed E-state index contributed by atoms with van der Waals surface area (Å²) >= 11 is 0. The number of nitrogen functional groups attached to an aromatic ring is 1. The summed E-state index contributed by atoms with van der Waals surface area (Å²) in [4.78, 5) is 24.5. The van der Waals surface area contributed by atoms with Crippen molar-refractivity contribution in [3.8, 4) is 0 Å². The Hall–Kier alpha value is -1.78. The lowest BCUT2D eigenvalue weighted by Crippen LogP contribution is -2.17. The first-order chi connectivity index (χ1) is 6.16. The van der Waals surface area contributed by atoms with Crippen LogP contribution in [0.3, 0.4) is 0 Å². The van der Waals surface area contributed by atoms with E-state index in [0.29, 0.717) is 0 Å². The Morgan fingerprint density at radius 1 is 1.69 bits per heavy atom. The molecule has 0 aliphatic carbocycles. The standard InChI is InChI=1S/C8H10N2O3/c1-2-13-8(12)5-3-4-10-7(11)6(5)9/h3-4H,2,9H2,1H3,(H,10,11). The molecule has 0 saturated carbocycles. The van der Waals surface area contributed by atoms with Crippen molar-refractivity contribution < 1.29 is 9.53 Å². The summed E-state index contributed by atoms with van der Waals surface area (Å²) in [6.45, 7) is 1.94. The van der Waals surface area contributed by atoms with Crippen molar-refractivity contribution in [1.29, 1.82) is 0 Å². The Kier molecular flexibility index (Phi) is 2.69. The van der Waals surface area contributed by atoms with Gasteiger partial charge in [0.1, 0.15) is 5.69 Å². The molecule has 1 heterocycles. The quantitative estimate of drug-likeness (QED) is 0.637. The number of anilines is 1. The molecular weight excluding hydrogens is 172 g/mol. The molecule has 0 spiro atoms. The predicted octanol–water partition coefficient (Wildman–Crippen LogP) is 0.134. The van der Waals surface area contributed by atoms with Crippen LogP contribution in [0.4, 0.5) is 5.69 Å². The zero-order valence-corrected chi connectivity index (χ0v) is 7.16. The van der Waals surface area contributed by atoms with E-state index in [2.05, 4.69) is 4.98 Å². The third-order valence-corrected chi connectivity index (χ3v) is 1.49. The smallest absolute Gasteiger partial charge is 0.340 e. The number of carbonyl (C=O) groups excluding carboxylic acids is 1. The third kappa shape index (κ3) is 1.87. The number of ether oxygens (including phenoxy) is 1. The van der Waals surface area contributed by atoms with Crippen LogP contribution in [-0.4, -0.2) is 17.6 Å². The fourth-order valence-corrected chi connectivity index (χ4v) is 0.877. The Morgan fingerprint density at radius 2 is 2.38 bits per heavy atom. The molecule has 70 valence electrons. The number of hydrogen-bond donors (Lipinski definition) is 2. The average molecular weight is 182 g/mol. The van der Waals surface area contributed by atoms with Crippen LogP contribution in [0.5, 0.6) is 0 Å². The van der Waals surface area contributed by atoms with E-state index in [1.807, 2.05) is 0 Å². The minimum Gasteiger partial charge on any atom is -0.462 e. The predicted molar refractivity (Wildman–Crippen MR) is 47.4 cm³/mol. The van der Waals surface area contributed by atoms with Crippen molar-refractivity contribution in [1.82, 2.24) is 4.98 Å². The van der Waals surface area contributed by atoms with Crippen LogP contribution >= 0.6 is 0 Å². The lowest BCUT2D eigenvalue weighted by molar-refractivity contribution is 0.0527. The van der Waals surface area contributed by atoms with Crippen LogP contribution in [0.2, 0.25) is 0 Å². The van der Waals surface area contributed by atoms with Gasteiger partial charge < -0.3 is 15.5 Å². The van der Waals surface area contributed by atoms with Crippen molar-refractivity contribution in [2.45, 2.75) is 6.92 Å². The van der Waals surface area contributed by atoms with Crippen molar-refractivity contribution in [3.63, 3.8) is 0 Å². The zero-order valence-electron chi connectivity index (χ0n) is 7.16. The van der Waals surface area contributed by atoms with Gasteiger partial charge in [0, 0.05) is 6.20 Å². The molecule has 1 rings (SSSR count). The van der Waals surface area contributed by atoms with Gasteiger partial charge in [-0.1, -0.05) is 0 Å². The second-order valence-electron chi connectivity index (χ2n) is 2.35. The fraction of sp³-hybridized carbons (Fsp3) is 0.250. The van der Waals surface area contributed by atoms with E-state index in [9.17, 15) is 9.59 Å². The maximum absolute atomic E-state index is 11.2. The summed E-state index contributed by atoms with van der Waals surface area (Å²) in [7, 11) is 0. The van der Waals surface area contributed by atoms with E-state index in [0.717, 1.165) is 0 Å². The van der Waals surface area contributed by atoms with E-state index in [1.165, 1.54) is 12.3 Å². The molecule has 0 radical (unpaired) electrons.